The van der Waals surface area contributed by atoms with E-state index < -0.39 is 0 Å². The third-order valence-electron chi connectivity index (χ3n) is 5.09. The molecule has 0 spiro atoms. The summed E-state index contributed by atoms with van der Waals surface area (Å²) in [6.45, 7) is 2.75. The lowest BCUT2D eigenvalue weighted by Crippen LogP contribution is -2.39. The number of carbonyl (C=O) groups is 1. The van der Waals surface area contributed by atoms with Crippen LogP contribution < -0.4 is 9.47 Å². The zero-order valence-corrected chi connectivity index (χ0v) is 14.5. The van der Waals surface area contributed by atoms with E-state index in [2.05, 4.69) is 11.2 Å². The van der Waals surface area contributed by atoms with Crippen LogP contribution in [0.4, 0.5) is 0 Å². The molecular weight excluding hydrogens is 318 g/mol. The van der Waals surface area contributed by atoms with Gasteiger partial charge in [-0.25, -0.2) is 0 Å². The molecule has 1 aromatic heterocycles. The zero-order valence-electron chi connectivity index (χ0n) is 14.5. The van der Waals surface area contributed by atoms with Crippen LogP contribution in [0.5, 0.6) is 11.5 Å². The van der Waals surface area contributed by atoms with E-state index in [4.69, 9.17) is 9.47 Å². The molecule has 0 atom stereocenters. The molecule has 0 N–H and O–H groups in total. The van der Waals surface area contributed by atoms with Crippen LogP contribution in [0.2, 0.25) is 0 Å². The highest BCUT2D eigenvalue weighted by molar-refractivity contribution is 5.79. The second kappa shape index (κ2) is 6.78. The summed E-state index contributed by atoms with van der Waals surface area (Å²) in [5.41, 5.74) is 2.24. The van der Waals surface area contributed by atoms with Crippen molar-refractivity contribution in [2.24, 2.45) is 7.05 Å². The highest BCUT2D eigenvalue weighted by atomic mass is 16.6. The van der Waals surface area contributed by atoms with Crippen LogP contribution in [0.25, 0.3) is 0 Å². The van der Waals surface area contributed by atoms with Crippen LogP contribution in [0.1, 0.15) is 30.0 Å². The summed E-state index contributed by atoms with van der Waals surface area (Å²) in [5, 5.41) is 4.25. The summed E-state index contributed by atoms with van der Waals surface area (Å²) in [6.07, 6.45) is 4.24. The number of carbonyl (C=O) groups excluding carboxylic acids is 1. The van der Waals surface area contributed by atoms with Crippen molar-refractivity contribution < 1.29 is 14.3 Å². The minimum Gasteiger partial charge on any atom is -0.486 e. The molecule has 6 nitrogen and oxygen atoms in total. The van der Waals surface area contributed by atoms with Crippen LogP contribution in [0, 0.1) is 0 Å². The molecule has 1 saturated heterocycles. The number of benzene rings is 1. The van der Waals surface area contributed by atoms with E-state index in [-0.39, 0.29) is 5.91 Å². The number of piperidine rings is 1. The first kappa shape index (κ1) is 16.0. The Balaban J connectivity index is 1.35. The van der Waals surface area contributed by atoms with Crippen molar-refractivity contribution in [2.75, 3.05) is 26.3 Å². The molecule has 2 aliphatic rings. The predicted octanol–water partition coefficient (Wildman–Crippen LogP) is 2.14. The number of aromatic nitrogens is 2. The number of aryl methyl sites for hydroxylation is 1. The van der Waals surface area contributed by atoms with E-state index >= 15 is 0 Å². The molecule has 0 aliphatic carbocycles. The molecule has 25 heavy (non-hydrogen) atoms. The summed E-state index contributed by atoms with van der Waals surface area (Å²) in [4.78, 5) is 14.6. The lowest BCUT2D eigenvalue weighted by molar-refractivity contribution is -0.131. The van der Waals surface area contributed by atoms with Gasteiger partial charge in [-0.1, -0.05) is 6.07 Å². The van der Waals surface area contributed by atoms with Gasteiger partial charge in [-0.3, -0.25) is 9.48 Å². The van der Waals surface area contributed by atoms with Crippen molar-refractivity contribution >= 4 is 5.91 Å². The third kappa shape index (κ3) is 3.34. The van der Waals surface area contributed by atoms with Gasteiger partial charge in [0, 0.05) is 37.9 Å². The first-order valence-corrected chi connectivity index (χ1v) is 8.85. The van der Waals surface area contributed by atoms with Crippen molar-refractivity contribution in [2.45, 2.75) is 25.2 Å². The monoisotopic (exact) mass is 341 g/mol. The number of likely N-dealkylation sites (tertiary alicyclic amines) is 1. The molecule has 2 aromatic rings. The van der Waals surface area contributed by atoms with Gasteiger partial charge in [-0.15, -0.1) is 0 Å². The van der Waals surface area contributed by atoms with Gasteiger partial charge >= 0.3 is 0 Å². The lowest BCUT2D eigenvalue weighted by Gasteiger charge is -2.32. The second-order valence-corrected chi connectivity index (χ2v) is 6.69. The molecular formula is C19H23N3O3. The predicted molar refractivity (Wildman–Crippen MR) is 92.9 cm³/mol. The van der Waals surface area contributed by atoms with E-state index in [1.165, 1.54) is 5.69 Å². The van der Waals surface area contributed by atoms with E-state index in [1.54, 1.807) is 0 Å². The number of nitrogens with zero attached hydrogens (tertiary/aromatic N) is 3. The Morgan fingerprint density at radius 1 is 1.16 bits per heavy atom. The van der Waals surface area contributed by atoms with E-state index in [1.807, 2.05) is 41.0 Å². The van der Waals surface area contributed by atoms with Crippen molar-refractivity contribution in [3.63, 3.8) is 0 Å². The van der Waals surface area contributed by atoms with Crippen molar-refractivity contribution in [1.82, 2.24) is 14.7 Å². The molecule has 3 heterocycles. The molecule has 0 radical (unpaired) electrons. The number of amides is 1. The number of hydrogen-bond acceptors (Lipinski definition) is 4. The average Bonchev–Trinajstić information content (AvgIpc) is 3.08. The molecule has 0 unspecified atom stereocenters. The van der Waals surface area contributed by atoms with E-state index in [9.17, 15) is 4.79 Å². The molecule has 2 aliphatic heterocycles. The highest BCUT2D eigenvalue weighted by Crippen LogP contribution is 2.31. The second-order valence-electron chi connectivity index (χ2n) is 6.69. The zero-order chi connectivity index (χ0) is 17.2. The summed E-state index contributed by atoms with van der Waals surface area (Å²) < 4.78 is 13.1. The van der Waals surface area contributed by atoms with E-state index in [0.29, 0.717) is 25.6 Å². The van der Waals surface area contributed by atoms with Gasteiger partial charge < -0.3 is 14.4 Å². The Morgan fingerprint density at radius 2 is 1.92 bits per heavy atom. The molecule has 6 heteroatoms. The van der Waals surface area contributed by atoms with Crippen LogP contribution >= 0.6 is 0 Å². The smallest absolute Gasteiger partial charge is 0.226 e. The minimum absolute atomic E-state index is 0.181. The Bertz CT molecular complexity index is 763. The maximum Gasteiger partial charge on any atom is 0.226 e. The molecule has 1 aromatic carbocycles. The summed E-state index contributed by atoms with van der Waals surface area (Å²) in [5.74, 6) is 2.18. The first-order valence-electron chi connectivity index (χ1n) is 8.85. The molecule has 1 fully saturated rings. The Labute approximate surface area is 147 Å². The van der Waals surface area contributed by atoms with Gasteiger partial charge in [-0.2, -0.15) is 5.10 Å². The summed E-state index contributed by atoms with van der Waals surface area (Å²) in [6, 6.07) is 7.85. The maximum atomic E-state index is 12.6. The molecule has 0 saturated carbocycles. The van der Waals surface area contributed by atoms with Gasteiger partial charge in [-0.05, 0) is 36.6 Å². The topological polar surface area (TPSA) is 56.6 Å². The summed E-state index contributed by atoms with van der Waals surface area (Å²) in [7, 11) is 1.98. The van der Waals surface area contributed by atoms with Gasteiger partial charge in [0.2, 0.25) is 5.91 Å². The number of rotatable bonds is 3. The van der Waals surface area contributed by atoms with Crippen molar-refractivity contribution in [1.29, 1.82) is 0 Å². The fraction of sp³-hybridized carbons (Fsp3) is 0.474. The average molecular weight is 341 g/mol. The van der Waals surface area contributed by atoms with Crippen molar-refractivity contribution in [3.05, 3.63) is 41.7 Å². The number of fused-ring (bicyclic) bond motifs is 1. The normalized spacial score (nSPS) is 17.6. The molecule has 0 bridgehead atoms. The van der Waals surface area contributed by atoms with Gasteiger partial charge in [0.05, 0.1) is 6.42 Å². The van der Waals surface area contributed by atoms with Crippen LogP contribution in [-0.4, -0.2) is 46.9 Å². The molecule has 132 valence electrons. The van der Waals surface area contributed by atoms with Gasteiger partial charge in [0.1, 0.15) is 13.2 Å². The maximum absolute atomic E-state index is 12.6. The standard InChI is InChI=1S/C19H23N3O3/c1-21-16(4-7-20-21)15-5-8-22(9-6-15)19(23)13-14-2-3-17-18(12-14)25-11-10-24-17/h2-4,7,12,15H,5-6,8-11,13H2,1H3. The SMILES string of the molecule is Cn1nccc1C1CCN(C(=O)Cc2ccc3c(c2)OCCO3)CC1. The Hall–Kier alpha value is -2.50. The van der Waals surface area contributed by atoms with Gasteiger partial charge in [0.25, 0.3) is 0 Å². The third-order valence-corrected chi connectivity index (χ3v) is 5.09. The fourth-order valence-corrected chi connectivity index (χ4v) is 3.69. The summed E-state index contributed by atoms with van der Waals surface area (Å²) >= 11 is 0. The van der Waals surface area contributed by atoms with Crippen LogP contribution in [-0.2, 0) is 18.3 Å². The van der Waals surface area contributed by atoms with E-state index in [0.717, 1.165) is 43.0 Å². The molecule has 1 amide bonds. The van der Waals surface area contributed by atoms with Crippen LogP contribution in [0.15, 0.2) is 30.5 Å². The fourth-order valence-electron chi connectivity index (χ4n) is 3.69. The number of hydrogen-bond donors (Lipinski definition) is 0. The number of ether oxygens (including phenoxy) is 2. The quantitative estimate of drug-likeness (QED) is 0.858. The Kier molecular flexibility index (Phi) is 4.34. The Morgan fingerprint density at radius 3 is 2.64 bits per heavy atom. The highest BCUT2D eigenvalue weighted by Gasteiger charge is 2.25. The first-order chi connectivity index (χ1) is 12.2. The van der Waals surface area contributed by atoms with Crippen LogP contribution in [0.3, 0.4) is 0 Å². The van der Waals surface area contributed by atoms with Crippen molar-refractivity contribution in [3.8, 4) is 11.5 Å². The lowest BCUT2D eigenvalue weighted by atomic mass is 9.93. The minimum atomic E-state index is 0.181. The van der Waals surface area contributed by atoms with Gasteiger partial charge in [0.15, 0.2) is 11.5 Å². The largest absolute Gasteiger partial charge is 0.486 e. The molecule has 4 rings (SSSR count).